The molecule has 4 nitrogen and oxygen atoms in total. The fourth-order valence-electron chi connectivity index (χ4n) is 2.27. The van der Waals surface area contributed by atoms with Gasteiger partial charge in [0.25, 0.3) is 0 Å². The Bertz CT molecular complexity index is 482. The van der Waals surface area contributed by atoms with Crippen LogP contribution in [0.4, 0.5) is 0 Å². The first kappa shape index (κ1) is 14.0. The number of nitrogens with one attached hydrogen (secondary N) is 2. The number of hydrogen-bond acceptors (Lipinski definition) is 4. The maximum atomic E-state index is 12.0. The topological polar surface area (TPSA) is 58.2 Å². The molecular weight excluding hydrogens is 268 g/mol. The number of sulfonamides is 1. The van der Waals surface area contributed by atoms with Crippen LogP contribution in [-0.4, -0.2) is 27.3 Å². The third-order valence-corrected chi connectivity index (χ3v) is 5.55. The van der Waals surface area contributed by atoms with Gasteiger partial charge in [-0.3, -0.25) is 0 Å². The minimum absolute atomic E-state index is 0.0216. The van der Waals surface area contributed by atoms with Gasteiger partial charge in [-0.2, -0.15) is 0 Å². The van der Waals surface area contributed by atoms with Gasteiger partial charge in [0, 0.05) is 17.5 Å². The van der Waals surface area contributed by atoms with Crippen molar-refractivity contribution in [2.24, 2.45) is 0 Å². The van der Waals surface area contributed by atoms with E-state index in [1.54, 1.807) is 11.3 Å². The molecule has 0 saturated heterocycles. The lowest BCUT2D eigenvalue weighted by atomic mass is 9.95. The maximum Gasteiger partial charge on any atom is 0.213 e. The van der Waals surface area contributed by atoms with Gasteiger partial charge in [-0.15, -0.1) is 11.3 Å². The van der Waals surface area contributed by atoms with Crippen LogP contribution in [0, 0.1) is 0 Å². The standard InChI is InChI=1S/C12H20N2O2S2/c1-2-13-7-9-18(15,16)14-11-4-3-5-12-10(11)6-8-17-12/h6,8,11,13-14H,2-5,7,9H2,1H3. The third-order valence-electron chi connectivity index (χ3n) is 3.17. The summed E-state index contributed by atoms with van der Waals surface area (Å²) in [4.78, 5) is 1.33. The first-order chi connectivity index (χ1) is 8.62. The molecule has 0 saturated carbocycles. The molecule has 1 unspecified atom stereocenters. The van der Waals surface area contributed by atoms with Crippen molar-refractivity contribution in [3.8, 4) is 0 Å². The zero-order valence-electron chi connectivity index (χ0n) is 10.6. The average molecular weight is 288 g/mol. The Morgan fingerprint density at radius 3 is 3.11 bits per heavy atom. The van der Waals surface area contributed by atoms with Gasteiger partial charge in [0.2, 0.25) is 10.0 Å². The monoisotopic (exact) mass is 288 g/mol. The zero-order chi connectivity index (χ0) is 13.0. The molecule has 102 valence electrons. The smallest absolute Gasteiger partial charge is 0.213 e. The number of fused-ring (bicyclic) bond motifs is 1. The Morgan fingerprint density at radius 1 is 1.50 bits per heavy atom. The molecule has 1 aromatic rings. The molecule has 1 atom stereocenters. The normalized spacial score (nSPS) is 19.7. The van der Waals surface area contributed by atoms with Gasteiger partial charge >= 0.3 is 0 Å². The molecule has 0 amide bonds. The largest absolute Gasteiger partial charge is 0.316 e. The summed E-state index contributed by atoms with van der Waals surface area (Å²) >= 11 is 1.73. The van der Waals surface area contributed by atoms with Crippen molar-refractivity contribution in [2.45, 2.75) is 32.2 Å². The Kier molecular flexibility index (Phi) is 4.77. The molecule has 0 aliphatic heterocycles. The van der Waals surface area contributed by atoms with Crippen molar-refractivity contribution >= 4 is 21.4 Å². The van der Waals surface area contributed by atoms with Crippen LogP contribution in [0.3, 0.4) is 0 Å². The van der Waals surface area contributed by atoms with Crippen molar-refractivity contribution in [3.63, 3.8) is 0 Å². The highest BCUT2D eigenvalue weighted by Crippen LogP contribution is 2.33. The lowest BCUT2D eigenvalue weighted by Crippen LogP contribution is -2.35. The quantitative estimate of drug-likeness (QED) is 0.783. The molecule has 1 aliphatic rings. The van der Waals surface area contributed by atoms with E-state index in [2.05, 4.69) is 21.5 Å². The van der Waals surface area contributed by atoms with Crippen LogP contribution in [0.5, 0.6) is 0 Å². The second-order valence-corrected chi connectivity index (χ2v) is 7.41. The first-order valence-corrected chi connectivity index (χ1v) is 8.92. The van der Waals surface area contributed by atoms with Gasteiger partial charge in [0.05, 0.1) is 5.75 Å². The van der Waals surface area contributed by atoms with Crippen molar-refractivity contribution in [1.82, 2.24) is 10.0 Å². The number of aryl methyl sites for hydroxylation is 1. The van der Waals surface area contributed by atoms with E-state index in [0.717, 1.165) is 25.8 Å². The molecule has 0 spiro atoms. The van der Waals surface area contributed by atoms with E-state index in [1.165, 1.54) is 10.4 Å². The van der Waals surface area contributed by atoms with E-state index in [1.807, 2.05) is 6.92 Å². The summed E-state index contributed by atoms with van der Waals surface area (Å²) in [5, 5.41) is 5.09. The van der Waals surface area contributed by atoms with E-state index in [4.69, 9.17) is 0 Å². The van der Waals surface area contributed by atoms with E-state index in [9.17, 15) is 8.42 Å². The summed E-state index contributed by atoms with van der Waals surface area (Å²) in [6, 6.07) is 2.03. The number of hydrogen-bond donors (Lipinski definition) is 2. The fraction of sp³-hybridized carbons (Fsp3) is 0.667. The van der Waals surface area contributed by atoms with E-state index >= 15 is 0 Å². The molecule has 0 radical (unpaired) electrons. The van der Waals surface area contributed by atoms with Crippen LogP contribution >= 0.6 is 11.3 Å². The fourth-order valence-corrected chi connectivity index (χ4v) is 4.46. The van der Waals surface area contributed by atoms with Gasteiger partial charge in [-0.05, 0) is 42.8 Å². The molecule has 2 N–H and O–H groups in total. The van der Waals surface area contributed by atoms with Crippen molar-refractivity contribution < 1.29 is 8.42 Å². The average Bonchev–Trinajstić information content (AvgIpc) is 2.78. The summed E-state index contributed by atoms with van der Waals surface area (Å²) in [6.45, 7) is 3.28. The van der Waals surface area contributed by atoms with Crippen molar-refractivity contribution in [1.29, 1.82) is 0 Å². The Hall–Kier alpha value is -0.430. The molecule has 2 rings (SSSR count). The van der Waals surface area contributed by atoms with Crippen LogP contribution in [0.25, 0.3) is 0 Å². The van der Waals surface area contributed by atoms with Gasteiger partial charge in [-0.1, -0.05) is 6.92 Å². The maximum absolute atomic E-state index is 12.0. The predicted octanol–water partition coefficient (Wildman–Crippen LogP) is 1.65. The molecule has 18 heavy (non-hydrogen) atoms. The van der Waals surface area contributed by atoms with Gasteiger partial charge < -0.3 is 5.32 Å². The molecular formula is C12H20N2O2S2. The Morgan fingerprint density at radius 2 is 2.33 bits per heavy atom. The molecule has 1 aromatic heterocycles. The summed E-state index contributed by atoms with van der Waals surface area (Å²) in [5.41, 5.74) is 1.18. The molecule has 1 aliphatic carbocycles. The number of rotatable bonds is 6. The second kappa shape index (κ2) is 6.14. The van der Waals surface area contributed by atoms with Crippen molar-refractivity contribution in [2.75, 3.05) is 18.8 Å². The van der Waals surface area contributed by atoms with Crippen LogP contribution in [0.1, 0.15) is 36.2 Å². The van der Waals surface area contributed by atoms with E-state index in [-0.39, 0.29) is 11.8 Å². The molecule has 0 fully saturated rings. The van der Waals surface area contributed by atoms with Crippen LogP contribution in [-0.2, 0) is 16.4 Å². The molecule has 0 aromatic carbocycles. The molecule has 6 heteroatoms. The minimum atomic E-state index is -3.18. The molecule has 0 bridgehead atoms. The highest BCUT2D eigenvalue weighted by Gasteiger charge is 2.25. The highest BCUT2D eigenvalue weighted by atomic mass is 32.2. The SMILES string of the molecule is CCNCCS(=O)(=O)NC1CCCc2sccc21. The lowest BCUT2D eigenvalue weighted by molar-refractivity contribution is 0.510. The van der Waals surface area contributed by atoms with E-state index < -0.39 is 10.0 Å². The summed E-state index contributed by atoms with van der Waals surface area (Å²) in [5.74, 6) is 0.150. The van der Waals surface area contributed by atoms with Gasteiger partial charge in [0.1, 0.15) is 0 Å². The van der Waals surface area contributed by atoms with Gasteiger partial charge in [-0.25, -0.2) is 13.1 Å². The van der Waals surface area contributed by atoms with Crippen molar-refractivity contribution in [3.05, 3.63) is 21.9 Å². The predicted molar refractivity (Wildman–Crippen MR) is 75.5 cm³/mol. The Balaban J connectivity index is 1.98. The summed E-state index contributed by atoms with van der Waals surface area (Å²) in [6.07, 6.45) is 3.06. The van der Waals surface area contributed by atoms with Gasteiger partial charge in [0.15, 0.2) is 0 Å². The van der Waals surface area contributed by atoms with Crippen LogP contribution in [0.2, 0.25) is 0 Å². The number of thiophene rings is 1. The minimum Gasteiger partial charge on any atom is -0.316 e. The Labute approximate surface area is 113 Å². The highest BCUT2D eigenvalue weighted by molar-refractivity contribution is 7.89. The first-order valence-electron chi connectivity index (χ1n) is 6.39. The third kappa shape index (κ3) is 3.54. The van der Waals surface area contributed by atoms with E-state index in [0.29, 0.717) is 6.54 Å². The second-order valence-electron chi connectivity index (χ2n) is 4.53. The summed E-state index contributed by atoms with van der Waals surface area (Å²) < 4.78 is 26.8. The van der Waals surface area contributed by atoms with Crippen LogP contribution < -0.4 is 10.0 Å². The molecule has 1 heterocycles. The lowest BCUT2D eigenvalue weighted by Gasteiger charge is -2.23. The zero-order valence-corrected chi connectivity index (χ0v) is 12.2. The van der Waals surface area contributed by atoms with Crippen LogP contribution in [0.15, 0.2) is 11.4 Å². The summed E-state index contributed by atoms with van der Waals surface area (Å²) in [7, 11) is -3.18.